The number of halogens is 1. The summed E-state index contributed by atoms with van der Waals surface area (Å²) < 4.78 is 1.57. The molecule has 3 aromatic rings. The number of hydrogen-bond donors (Lipinski definition) is 1. The molecule has 32 heavy (non-hydrogen) atoms. The molecular formula is C25H30ClN3O2S. The van der Waals surface area contributed by atoms with Gasteiger partial charge in [0.05, 0.1) is 21.8 Å². The lowest BCUT2D eigenvalue weighted by molar-refractivity contribution is -0.121. The second kappa shape index (κ2) is 11.0. The van der Waals surface area contributed by atoms with Crippen molar-refractivity contribution in [2.75, 3.05) is 0 Å². The second-order valence-electron chi connectivity index (χ2n) is 8.32. The largest absolute Gasteiger partial charge is 0.352 e. The van der Waals surface area contributed by atoms with Crippen molar-refractivity contribution in [3.05, 3.63) is 63.9 Å². The Kier molecular flexibility index (Phi) is 8.38. The summed E-state index contributed by atoms with van der Waals surface area (Å²) in [6.45, 7) is 8.29. The molecule has 2 atom stereocenters. The number of aromatic nitrogens is 2. The lowest BCUT2D eigenvalue weighted by Crippen LogP contribution is -2.41. The molecule has 1 aromatic heterocycles. The van der Waals surface area contributed by atoms with Crippen LogP contribution < -0.4 is 10.9 Å². The number of carbonyl (C=O) groups is 1. The van der Waals surface area contributed by atoms with Crippen molar-refractivity contribution in [2.24, 2.45) is 5.92 Å². The van der Waals surface area contributed by atoms with Gasteiger partial charge in [-0.25, -0.2) is 4.98 Å². The minimum Gasteiger partial charge on any atom is -0.352 e. The number of nitrogens with one attached hydrogen (secondary N) is 1. The first-order valence-electron chi connectivity index (χ1n) is 11.1. The molecule has 1 N–H and O–H groups in total. The first-order valence-corrected chi connectivity index (χ1v) is 12.3. The molecule has 0 aliphatic carbocycles. The van der Waals surface area contributed by atoms with E-state index in [0.29, 0.717) is 39.1 Å². The zero-order chi connectivity index (χ0) is 23.3. The lowest BCUT2D eigenvalue weighted by Gasteiger charge is -2.23. The Hall–Kier alpha value is -2.31. The van der Waals surface area contributed by atoms with Gasteiger partial charge < -0.3 is 5.32 Å². The first kappa shape index (κ1) is 24.3. The fraction of sp³-hybridized carbons (Fsp3) is 0.400. The smallest absolute Gasteiger partial charge is 0.266 e. The molecule has 7 heteroatoms. The van der Waals surface area contributed by atoms with Gasteiger partial charge in [0.2, 0.25) is 5.91 Å². The van der Waals surface area contributed by atoms with Gasteiger partial charge in [-0.2, -0.15) is 0 Å². The maximum atomic E-state index is 13.5. The highest BCUT2D eigenvalue weighted by Gasteiger charge is 2.25. The van der Waals surface area contributed by atoms with Crippen LogP contribution in [0.2, 0.25) is 5.02 Å². The number of hydrogen-bond acceptors (Lipinski definition) is 4. The van der Waals surface area contributed by atoms with Gasteiger partial charge in [-0.1, -0.05) is 75.2 Å². The van der Waals surface area contributed by atoms with Crippen LogP contribution in [0.15, 0.2) is 58.5 Å². The number of amides is 1. The molecule has 0 bridgehead atoms. The van der Waals surface area contributed by atoms with Gasteiger partial charge >= 0.3 is 0 Å². The maximum absolute atomic E-state index is 13.5. The molecule has 170 valence electrons. The van der Waals surface area contributed by atoms with E-state index in [2.05, 4.69) is 26.1 Å². The quantitative estimate of drug-likeness (QED) is 0.314. The van der Waals surface area contributed by atoms with Crippen molar-refractivity contribution in [1.29, 1.82) is 0 Å². The molecule has 0 aliphatic heterocycles. The van der Waals surface area contributed by atoms with Crippen molar-refractivity contribution in [2.45, 2.75) is 63.4 Å². The summed E-state index contributed by atoms with van der Waals surface area (Å²) in [5.41, 5.74) is 1.07. The Morgan fingerprint density at radius 2 is 1.91 bits per heavy atom. The Labute approximate surface area is 198 Å². The summed E-state index contributed by atoms with van der Waals surface area (Å²) >= 11 is 7.57. The summed E-state index contributed by atoms with van der Waals surface area (Å²) in [6.07, 6.45) is 2.60. The number of nitrogens with zero attached hydrogens (tertiary/aromatic N) is 2. The average Bonchev–Trinajstić information content (AvgIpc) is 2.76. The third-order valence-electron chi connectivity index (χ3n) is 5.54. The second-order valence-corrected chi connectivity index (χ2v) is 9.93. The summed E-state index contributed by atoms with van der Waals surface area (Å²) in [5.74, 6) is 0.309. The van der Waals surface area contributed by atoms with Crippen molar-refractivity contribution < 1.29 is 4.79 Å². The average molecular weight is 472 g/mol. The fourth-order valence-corrected chi connectivity index (χ4v) is 4.62. The van der Waals surface area contributed by atoms with Crippen molar-refractivity contribution in [1.82, 2.24) is 14.9 Å². The van der Waals surface area contributed by atoms with Gasteiger partial charge in [0.25, 0.3) is 5.56 Å². The van der Waals surface area contributed by atoms with Gasteiger partial charge in [-0.15, -0.1) is 0 Å². The van der Waals surface area contributed by atoms with E-state index in [0.717, 1.165) is 12.8 Å². The van der Waals surface area contributed by atoms with Crippen LogP contribution in [0.3, 0.4) is 0 Å². The SMILES string of the molecule is CCCCC(Sc1nc2ccccc2c(=O)n1-c1cccc(Cl)c1)C(=O)NC(C)C(C)C. The summed E-state index contributed by atoms with van der Waals surface area (Å²) in [4.78, 5) is 31.4. The van der Waals surface area contributed by atoms with Crippen LogP contribution in [0.1, 0.15) is 47.0 Å². The Balaban J connectivity index is 2.09. The van der Waals surface area contributed by atoms with E-state index in [-0.39, 0.29) is 22.8 Å². The maximum Gasteiger partial charge on any atom is 0.266 e. The molecule has 5 nitrogen and oxygen atoms in total. The molecule has 1 heterocycles. The van der Waals surface area contributed by atoms with Gasteiger partial charge in [0.15, 0.2) is 5.16 Å². The summed E-state index contributed by atoms with van der Waals surface area (Å²) in [6, 6.07) is 14.5. The minimum atomic E-state index is -0.352. The van der Waals surface area contributed by atoms with Crippen molar-refractivity contribution in [3.63, 3.8) is 0 Å². The Morgan fingerprint density at radius 3 is 2.59 bits per heavy atom. The molecule has 2 aromatic carbocycles. The van der Waals surface area contributed by atoms with Crippen LogP contribution in [0.4, 0.5) is 0 Å². The molecule has 0 spiro atoms. The number of para-hydroxylation sites is 1. The van der Waals surface area contributed by atoms with E-state index in [1.807, 2.05) is 31.2 Å². The zero-order valence-corrected chi connectivity index (χ0v) is 20.5. The Bertz CT molecular complexity index is 1150. The number of carbonyl (C=O) groups excluding carboxylic acids is 1. The molecule has 0 saturated heterocycles. The van der Waals surface area contributed by atoms with Crippen LogP contribution >= 0.6 is 23.4 Å². The van der Waals surface area contributed by atoms with Crippen LogP contribution in [0.25, 0.3) is 16.6 Å². The highest BCUT2D eigenvalue weighted by molar-refractivity contribution is 8.00. The minimum absolute atomic E-state index is 0.0234. The summed E-state index contributed by atoms with van der Waals surface area (Å²) in [5, 5.41) is 4.33. The number of thioether (sulfide) groups is 1. The van der Waals surface area contributed by atoms with Crippen LogP contribution in [-0.2, 0) is 4.79 Å². The molecule has 0 fully saturated rings. The predicted molar refractivity (Wildman–Crippen MR) is 134 cm³/mol. The van der Waals surface area contributed by atoms with Gasteiger partial charge in [-0.3, -0.25) is 14.2 Å². The normalized spacial score (nSPS) is 13.3. The van der Waals surface area contributed by atoms with Crippen LogP contribution in [0, 0.1) is 5.92 Å². The van der Waals surface area contributed by atoms with E-state index in [1.165, 1.54) is 11.8 Å². The monoisotopic (exact) mass is 471 g/mol. The highest BCUT2D eigenvalue weighted by Crippen LogP contribution is 2.29. The topological polar surface area (TPSA) is 64.0 Å². The van der Waals surface area contributed by atoms with Crippen molar-refractivity contribution >= 4 is 40.2 Å². The molecule has 0 radical (unpaired) electrons. The predicted octanol–water partition coefficient (Wildman–Crippen LogP) is 5.85. The molecule has 0 aliphatic rings. The van der Waals surface area contributed by atoms with E-state index in [4.69, 9.17) is 16.6 Å². The summed E-state index contributed by atoms with van der Waals surface area (Å²) in [7, 11) is 0. The number of rotatable bonds is 9. The molecule has 2 unspecified atom stereocenters. The molecule has 1 amide bonds. The van der Waals surface area contributed by atoms with Crippen LogP contribution in [0.5, 0.6) is 0 Å². The van der Waals surface area contributed by atoms with Crippen molar-refractivity contribution in [3.8, 4) is 5.69 Å². The van der Waals surface area contributed by atoms with Crippen LogP contribution in [-0.4, -0.2) is 26.8 Å². The molecular weight excluding hydrogens is 442 g/mol. The van der Waals surface area contributed by atoms with E-state index < -0.39 is 0 Å². The molecule has 3 rings (SSSR count). The molecule has 0 saturated carbocycles. The Morgan fingerprint density at radius 1 is 1.16 bits per heavy atom. The first-order chi connectivity index (χ1) is 15.3. The van der Waals surface area contributed by atoms with E-state index >= 15 is 0 Å². The number of unbranched alkanes of at least 4 members (excludes halogenated alkanes) is 1. The third-order valence-corrected chi connectivity index (χ3v) is 7.00. The van der Waals surface area contributed by atoms with E-state index in [1.54, 1.807) is 28.8 Å². The number of benzene rings is 2. The standard InChI is InChI=1S/C25H30ClN3O2S/c1-5-6-14-22(23(30)27-17(4)16(2)3)32-25-28-21-13-8-7-12-20(21)24(31)29(25)19-11-9-10-18(26)15-19/h7-13,15-17,22H,5-6,14H2,1-4H3,(H,27,30). The number of fused-ring (bicyclic) bond motifs is 1. The van der Waals surface area contributed by atoms with E-state index in [9.17, 15) is 9.59 Å². The van der Waals surface area contributed by atoms with Gasteiger partial charge in [0.1, 0.15) is 0 Å². The fourth-order valence-electron chi connectivity index (χ4n) is 3.28. The third kappa shape index (κ3) is 5.73. The lowest BCUT2D eigenvalue weighted by atomic mass is 10.1. The van der Waals surface area contributed by atoms with Gasteiger partial charge in [-0.05, 0) is 49.6 Å². The zero-order valence-electron chi connectivity index (χ0n) is 19.0. The highest BCUT2D eigenvalue weighted by atomic mass is 35.5. The van der Waals surface area contributed by atoms with Gasteiger partial charge in [0, 0.05) is 11.1 Å².